The second-order valence-corrected chi connectivity index (χ2v) is 3.29. The standard InChI is InChI=1S/C10H17N3O2/c1-4-8-5-13-9(15-8)6-12-7(2)10(14)11-3/h5,7,12H,4,6H2,1-3H3,(H,11,14). The van der Waals surface area contributed by atoms with Gasteiger partial charge in [-0.1, -0.05) is 6.92 Å². The number of carbonyl (C=O) groups excluding carboxylic acids is 1. The number of amides is 1. The molecule has 0 fully saturated rings. The lowest BCUT2D eigenvalue weighted by atomic mass is 10.3. The zero-order valence-corrected chi connectivity index (χ0v) is 9.33. The average Bonchev–Trinajstić information content (AvgIpc) is 2.72. The number of rotatable bonds is 5. The molecule has 0 aromatic carbocycles. The lowest BCUT2D eigenvalue weighted by Gasteiger charge is -2.09. The molecule has 0 spiro atoms. The predicted molar refractivity (Wildman–Crippen MR) is 56.2 cm³/mol. The van der Waals surface area contributed by atoms with Crippen molar-refractivity contribution in [2.45, 2.75) is 32.9 Å². The van der Waals surface area contributed by atoms with Gasteiger partial charge in [0.05, 0.1) is 18.8 Å². The highest BCUT2D eigenvalue weighted by Crippen LogP contribution is 2.03. The molecular weight excluding hydrogens is 194 g/mol. The van der Waals surface area contributed by atoms with Gasteiger partial charge in [0.1, 0.15) is 5.76 Å². The monoisotopic (exact) mass is 211 g/mol. The van der Waals surface area contributed by atoms with Gasteiger partial charge in [-0.05, 0) is 6.92 Å². The van der Waals surface area contributed by atoms with Crippen LogP contribution in [0, 0.1) is 0 Å². The summed E-state index contributed by atoms with van der Waals surface area (Å²) in [6.07, 6.45) is 2.54. The fourth-order valence-electron chi connectivity index (χ4n) is 1.14. The van der Waals surface area contributed by atoms with E-state index in [0.717, 1.165) is 12.2 Å². The molecule has 1 unspecified atom stereocenters. The van der Waals surface area contributed by atoms with Crippen LogP contribution < -0.4 is 10.6 Å². The third kappa shape index (κ3) is 3.36. The summed E-state index contributed by atoms with van der Waals surface area (Å²) in [7, 11) is 1.61. The summed E-state index contributed by atoms with van der Waals surface area (Å²) < 4.78 is 5.39. The van der Waals surface area contributed by atoms with Gasteiger partial charge in [-0.3, -0.25) is 10.1 Å². The number of hydrogen-bond donors (Lipinski definition) is 2. The van der Waals surface area contributed by atoms with Gasteiger partial charge >= 0.3 is 0 Å². The Labute approximate surface area is 89.3 Å². The molecule has 5 nitrogen and oxygen atoms in total. The number of oxazole rings is 1. The van der Waals surface area contributed by atoms with Gasteiger partial charge < -0.3 is 9.73 Å². The summed E-state index contributed by atoms with van der Waals surface area (Å²) in [6.45, 7) is 4.27. The Bertz CT molecular complexity index is 322. The minimum absolute atomic E-state index is 0.0442. The summed E-state index contributed by atoms with van der Waals surface area (Å²) in [5, 5.41) is 5.58. The van der Waals surface area contributed by atoms with Crippen LogP contribution in [0.15, 0.2) is 10.6 Å². The van der Waals surface area contributed by atoms with Gasteiger partial charge in [0.25, 0.3) is 0 Å². The summed E-state index contributed by atoms with van der Waals surface area (Å²) >= 11 is 0. The normalized spacial score (nSPS) is 12.5. The first-order valence-electron chi connectivity index (χ1n) is 5.06. The highest BCUT2D eigenvalue weighted by molar-refractivity contribution is 5.80. The van der Waals surface area contributed by atoms with Crippen molar-refractivity contribution in [1.82, 2.24) is 15.6 Å². The number of carbonyl (C=O) groups is 1. The minimum Gasteiger partial charge on any atom is -0.444 e. The first-order chi connectivity index (χ1) is 7.17. The van der Waals surface area contributed by atoms with E-state index < -0.39 is 0 Å². The molecule has 2 N–H and O–H groups in total. The van der Waals surface area contributed by atoms with E-state index in [1.807, 2.05) is 6.92 Å². The third-order valence-electron chi connectivity index (χ3n) is 2.15. The molecule has 0 aliphatic heterocycles. The molecule has 1 atom stereocenters. The molecular formula is C10H17N3O2. The van der Waals surface area contributed by atoms with Gasteiger partial charge in [0, 0.05) is 13.5 Å². The van der Waals surface area contributed by atoms with Crippen LogP contribution in [0.1, 0.15) is 25.5 Å². The molecule has 0 aliphatic rings. The van der Waals surface area contributed by atoms with Gasteiger partial charge in [-0.15, -0.1) is 0 Å². The van der Waals surface area contributed by atoms with E-state index in [2.05, 4.69) is 15.6 Å². The van der Waals surface area contributed by atoms with Gasteiger partial charge in [-0.2, -0.15) is 0 Å². The molecule has 1 heterocycles. The second kappa shape index (κ2) is 5.50. The largest absolute Gasteiger partial charge is 0.444 e. The number of aryl methyl sites for hydroxylation is 1. The molecule has 15 heavy (non-hydrogen) atoms. The molecule has 1 aromatic heterocycles. The highest BCUT2D eigenvalue weighted by Gasteiger charge is 2.11. The SMILES string of the molecule is CCc1cnc(CNC(C)C(=O)NC)o1. The Kier molecular flexibility index (Phi) is 4.30. The Balaban J connectivity index is 2.39. The maximum absolute atomic E-state index is 11.2. The molecule has 84 valence electrons. The average molecular weight is 211 g/mol. The van der Waals surface area contributed by atoms with Gasteiger partial charge in [0.15, 0.2) is 0 Å². The highest BCUT2D eigenvalue weighted by atomic mass is 16.4. The van der Waals surface area contributed by atoms with Crippen molar-refractivity contribution in [3.63, 3.8) is 0 Å². The summed E-state index contributed by atoms with van der Waals surface area (Å²) in [4.78, 5) is 15.3. The lowest BCUT2D eigenvalue weighted by molar-refractivity contribution is -0.122. The zero-order chi connectivity index (χ0) is 11.3. The van der Waals surface area contributed by atoms with Crippen LogP contribution in [-0.2, 0) is 17.8 Å². The van der Waals surface area contributed by atoms with Crippen molar-refractivity contribution in [3.8, 4) is 0 Å². The summed E-state index contributed by atoms with van der Waals surface area (Å²) in [5.41, 5.74) is 0. The van der Waals surface area contributed by atoms with Crippen molar-refractivity contribution in [1.29, 1.82) is 0 Å². The van der Waals surface area contributed by atoms with E-state index in [9.17, 15) is 4.79 Å². The van der Waals surface area contributed by atoms with E-state index in [0.29, 0.717) is 12.4 Å². The van der Waals surface area contributed by atoms with E-state index in [1.165, 1.54) is 0 Å². The quantitative estimate of drug-likeness (QED) is 0.742. The fourth-order valence-corrected chi connectivity index (χ4v) is 1.14. The van der Waals surface area contributed by atoms with Gasteiger partial charge in [0.2, 0.25) is 11.8 Å². The van der Waals surface area contributed by atoms with Crippen LogP contribution in [0.25, 0.3) is 0 Å². The van der Waals surface area contributed by atoms with E-state index in [1.54, 1.807) is 20.2 Å². The smallest absolute Gasteiger partial charge is 0.236 e. The molecule has 0 saturated heterocycles. The van der Waals surface area contributed by atoms with Crippen LogP contribution in [0.3, 0.4) is 0 Å². The van der Waals surface area contributed by atoms with Crippen molar-refractivity contribution in [2.75, 3.05) is 7.05 Å². The molecule has 0 bridgehead atoms. The van der Waals surface area contributed by atoms with Crippen molar-refractivity contribution in [3.05, 3.63) is 17.8 Å². The Morgan fingerprint density at radius 3 is 2.93 bits per heavy atom. The maximum atomic E-state index is 11.2. The Morgan fingerprint density at radius 2 is 2.40 bits per heavy atom. The summed E-state index contributed by atoms with van der Waals surface area (Å²) in [5.74, 6) is 1.43. The zero-order valence-electron chi connectivity index (χ0n) is 9.33. The molecule has 1 amide bonds. The number of aromatic nitrogens is 1. The Hall–Kier alpha value is -1.36. The number of hydrogen-bond acceptors (Lipinski definition) is 4. The van der Waals surface area contributed by atoms with Crippen molar-refractivity contribution < 1.29 is 9.21 Å². The minimum atomic E-state index is -0.244. The van der Waals surface area contributed by atoms with Gasteiger partial charge in [-0.25, -0.2) is 4.98 Å². The fraction of sp³-hybridized carbons (Fsp3) is 0.600. The Morgan fingerprint density at radius 1 is 1.67 bits per heavy atom. The molecule has 0 radical (unpaired) electrons. The van der Waals surface area contributed by atoms with Crippen LogP contribution >= 0.6 is 0 Å². The summed E-state index contributed by atoms with van der Waals surface area (Å²) in [6, 6.07) is -0.244. The van der Waals surface area contributed by atoms with Crippen LogP contribution in [0.4, 0.5) is 0 Å². The number of nitrogens with zero attached hydrogens (tertiary/aromatic N) is 1. The van der Waals surface area contributed by atoms with E-state index in [-0.39, 0.29) is 11.9 Å². The van der Waals surface area contributed by atoms with Crippen LogP contribution in [0.2, 0.25) is 0 Å². The van der Waals surface area contributed by atoms with Crippen LogP contribution in [-0.4, -0.2) is 24.0 Å². The number of nitrogens with one attached hydrogen (secondary N) is 2. The first-order valence-corrected chi connectivity index (χ1v) is 5.06. The van der Waals surface area contributed by atoms with Crippen LogP contribution in [0.5, 0.6) is 0 Å². The topological polar surface area (TPSA) is 67.2 Å². The number of likely N-dealkylation sites (N-methyl/N-ethyl adjacent to an activating group) is 1. The van der Waals surface area contributed by atoms with Crippen molar-refractivity contribution >= 4 is 5.91 Å². The molecule has 1 aromatic rings. The molecule has 5 heteroatoms. The molecule has 0 saturated carbocycles. The van der Waals surface area contributed by atoms with E-state index in [4.69, 9.17) is 4.42 Å². The maximum Gasteiger partial charge on any atom is 0.236 e. The molecule has 1 rings (SSSR count). The third-order valence-corrected chi connectivity index (χ3v) is 2.15. The lowest BCUT2D eigenvalue weighted by Crippen LogP contribution is -2.40. The predicted octanol–water partition coefficient (Wildman–Crippen LogP) is 0.461. The molecule has 0 aliphatic carbocycles. The second-order valence-electron chi connectivity index (χ2n) is 3.29. The first kappa shape index (κ1) is 11.7. The van der Waals surface area contributed by atoms with Crippen molar-refractivity contribution in [2.24, 2.45) is 0 Å². The van der Waals surface area contributed by atoms with E-state index >= 15 is 0 Å².